The molecule has 11 heteroatoms. The molecule has 34 heavy (non-hydrogen) atoms. The normalized spacial score (nSPS) is 15.6. The summed E-state index contributed by atoms with van der Waals surface area (Å²) in [5.41, 5.74) is 1.57. The van der Waals surface area contributed by atoms with E-state index in [2.05, 4.69) is 43.1 Å². The number of hydrogen-bond donors (Lipinski definition) is 0. The molecule has 0 spiro atoms. The van der Waals surface area contributed by atoms with E-state index in [1.54, 1.807) is 18.4 Å². The Bertz CT molecular complexity index is 1280. The smallest absolute Gasteiger partial charge is 0.319 e. The van der Waals surface area contributed by atoms with Crippen LogP contribution in [0, 0.1) is 0 Å². The number of hydrogen-bond acceptors (Lipinski definition) is 10. The van der Waals surface area contributed by atoms with Crippen molar-refractivity contribution >= 4 is 44.7 Å². The molecule has 4 heterocycles. The molecule has 1 unspecified atom stereocenters. The third kappa shape index (κ3) is 4.40. The first-order valence-corrected chi connectivity index (χ1v) is 12.3. The van der Waals surface area contributed by atoms with Gasteiger partial charge in [0.2, 0.25) is 0 Å². The predicted octanol–water partition coefficient (Wildman–Crippen LogP) is 2.56. The molecule has 0 N–H and O–H groups in total. The second-order valence-electron chi connectivity index (χ2n) is 8.10. The molecular formula is C23H27N7O3S. The summed E-state index contributed by atoms with van der Waals surface area (Å²) in [6.45, 7) is 5.20. The zero-order valence-corrected chi connectivity index (χ0v) is 20.1. The molecule has 1 aromatic carbocycles. The third-order valence-corrected chi connectivity index (χ3v) is 7.20. The fourth-order valence-electron chi connectivity index (χ4n) is 4.22. The van der Waals surface area contributed by atoms with Crippen molar-refractivity contribution in [1.82, 2.24) is 30.0 Å². The van der Waals surface area contributed by atoms with E-state index >= 15 is 0 Å². The van der Waals surface area contributed by atoms with Crippen molar-refractivity contribution in [1.29, 1.82) is 0 Å². The SMILES string of the molecule is CCc1cc2c(N3CCN(C(CCC=O)On4nnc5ccccc54)CC3)nc(OC)nc2s1. The number of thiophene rings is 1. The highest BCUT2D eigenvalue weighted by Gasteiger charge is 2.28. The Labute approximate surface area is 201 Å². The van der Waals surface area contributed by atoms with E-state index in [0.29, 0.717) is 18.9 Å². The first-order valence-electron chi connectivity index (χ1n) is 11.4. The lowest BCUT2D eigenvalue weighted by Gasteiger charge is -2.39. The van der Waals surface area contributed by atoms with Gasteiger partial charge in [-0.1, -0.05) is 23.9 Å². The van der Waals surface area contributed by atoms with Crippen molar-refractivity contribution in [2.45, 2.75) is 32.4 Å². The Balaban J connectivity index is 1.34. The lowest BCUT2D eigenvalue weighted by molar-refractivity contribution is -0.111. The molecule has 1 atom stereocenters. The van der Waals surface area contributed by atoms with E-state index in [1.165, 1.54) is 9.72 Å². The number of rotatable bonds is 9. The molecule has 1 aliphatic heterocycles. The monoisotopic (exact) mass is 481 g/mol. The Morgan fingerprint density at radius 2 is 2.00 bits per heavy atom. The quantitative estimate of drug-likeness (QED) is 0.334. The highest BCUT2D eigenvalue weighted by atomic mass is 32.1. The van der Waals surface area contributed by atoms with Crippen molar-refractivity contribution in [3.63, 3.8) is 0 Å². The van der Waals surface area contributed by atoms with Crippen molar-refractivity contribution in [3.05, 3.63) is 35.2 Å². The predicted molar refractivity (Wildman–Crippen MR) is 130 cm³/mol. The Hall–Kier alpha value is -3.31. The van der Waals surface area contributed by atoms with Crippen LogP contribution in [0.15, 0.2) is 30.3 Å². The number of piperazine rings is 1. The van der Waals surface area contributed by atoms with Gasteiger partial charge in [0.15, 0.2) is 6.23 Å². The maximum atomic E-state index is 11.1. The highest BCUT2D eigenvalue weighted by Crippen LogP contribution is 2.33. The van der Waals surface area contributed by atoms with E-state index in [9.17, 15) is 4.79 Å². The van der Waals surface area contributed by atoms with Crippen LogP contribution in [0.25, 0.3) is 21.3 Å². The van der Waals surface area contributed by atoms with Gasteiger partial charge in [0, 0.05) is 43.9 Å². The highest BCUT2D eigenvalue weighted by molar-refractivity contribution is 7.18. The van der Waals surface area contributed by atoms with Gasteiger partial charge in [-0.2, -0.15) is 9.97 Å². The van der Waals surface area contributed by atoms with Crippen LogP contribution in [0.1, 0.15) is 24.6 Å². The summed E-state index contributed by atoms with van der Waals surface area (Å²) in [6.07, 6.45) is 2.59. The summed E-state index contributed by atoms with van der Waals surface area (Å²) in [4.78, 5) is 34.8. The minimum Gasteiger partial charge on any atom is -0.467 e. The van der Waals surface area contributed by atoms with Crippen LogP contribution in [0.5, 0.6) is 6.01 Å². The van der Waals surface area contributed by atoms with Gasteiger partial charge in [-0.15, -0.1) is 16.4 Å². The number of methoxy groups -OCH3 is 1. The van der Waals surface area contributed by atoms with E-state index in [-0.39, 0.29) is 6.23 Å². The summed E-state index contributed by atoms with van der Waals surface area (Å²) < 4.78 is 5.37. The summed E-state index contributed by atoms with van der Waals surface area (Å²) >= 11 is 1.69. The van der Waals surface area contributed by atoms with Crippen LogP contribution < -0.4 is 14.5 Å². The first-order chi connectivity index (χ1) is 16.7. The lowest BCUT2D eigenvalue weighted by atomic mass is 10.2. The molecule has 0 aliphatic carbocycles. The van der Waals surface area contributed by atoms with Gasteiger partial charge in [-0.25, -0.2) is 0 Å². The molecule has 1 saturated heterocycles. The lowest BCUT2D eigenvalue weighted by Crippen LogP contribution is -2.53. The fourth-order valence-corrected chi connectivity index (χ4v) is 5.17. The molecule has 178 valence electrons. The number of nitrogens with zero attached hydrogens (tertiary/aromatic N) is 7. The van der Waals surface area contributed by atoms with Gasteiger partial charge in [0.1, 0.15) is 28.0 Å². The Morgan fingerprint density at radius 3 is 2.76 bits per heavy atom. The summed E-state index contributed by atoms with van der Waals surface area (Å²) in [5, 5.41) is 9.39. The summed E-state index contributed by atoms with van der Waals surface area (Å²) in [5.74, 6) is 0.907. The molecule has 3 aromatic heterocycles. The molecule has 0 amide bonds. The van der Waals surface area contributed by atoms with Crippen LogP contribution in [0.2, 0.25) is 0 Å². The second-order valence-corrected chi connectivity index (χ2v) is 9.21. The number of para-hydroxylation sites is 1. The zero-order chi connectivity index (χ0) is 23.5. The number of aromatic nitrogens is 5. The maximum Gasteiger partial charge on any atom is 0.319 e. The number of benzene rings is 1. The van der Waals surface area contributed by atoms with Crippen molar-refractivity contribution < 1.29 is 14.4 Å². The van der Waals surface area contributed by atoms with Gasteiger partial charge in [0.25, 0.3) is 0 Å². The number of aryl methyl sites for hydroxylation is 1. The van der Waals surface area contributed by atoms with E-state index < -0.39 is 0 Å². The number of carbonyl (C=O) groups excluding carboxylic acids is 1. The molecule has 5 rings (SSSR count). The van der Waals surface area contributed by atoms with Crippen LogP contribution >= 0.6 is 11.3 Å². The van der Waals surface area contributed by atoms with Crippen LogP contribution in [0.3, 0.4) is 0 Å². The number of ether oxygens (including phenoxy) is 1. The fraction of sp³-hybridized carbons (Fsp3) is 0.435. The number of anilines is 1. The topological polar surface area (TPSA) is 98.5 Å². The molecular weight excluding hydrogens is 454 g/mol. The summed E-state index contributed by atoms with van der Waals surface area (Å²) in [7, 11) is 1.60. The number of carbonyl (C=O) groups is 1. The molecule has 0 radical (unpaired) electrons. The molecule has 0 bridgehead atoms. The maximum absolute atomic E-state index is 11.1. The molecule has 0 saturated carbocycles. The summed E-state index contributed by atoms with van der Waals surface area (Å²) in [6, 6.07) is 10.2. The standard InChI is InChI=1S/C23H27N7O3S/c1-3-16-15-17-21(24-23(32-2)25-22(17)34-16)29-12-10-28(11-13-29)20(9-6-14-31)33-30-19-8-5-4-7-18(19)26-27-30/h4-5,7-8,14-15,20H,3,6,9-13H2,1-2H3. The minimum atomic E-state index is -0.287. The van der Waals surface area contributed by atoms with Crippen LogP contribution in [-0.4, -0.2) is 75.8 Å². The van der Waals surface area contributed by atoms with Crippen LogP contribution in [-0.2, 0) is 11.2 Å². The van der Waals surface area contributed by atoms with Gasteiger partial charge in [-0.3, -0.25) is 4.90 Å². The van der Waals surface area contributed by atoms with E-state index in [0.717, 1.165) is 66.0 Å². The van der Waals surface area contributed by atoms with Crippen molar-refractivity contribution in [3.8, 4) is 6.01 Å². The molecule has 4 aromatic rings. The molecule has 1 fully saturated rings. The molecule has 1 aliphatic rings. The van der Waals surface area contributed by atoms with Gasteiger partial charge in [0.05, 0.1) is 12.5 Å². The molecule has 10 nitrogen and oxygen atoms in total. The zero-order valence-electron chi connectivity index (χ0n) is 19.3. The van der Waals surface area contributed by atoms with E-state index in [4.69, 9.17) is 9.57 Å². The minimum absolute atomic E-state index is 0.287. The van der Waals surface area contributed by atoms with Crippen LogP contribution in [0.4, 0.5) is 5.82 Å². The third-order valence-electron chi connectivity index (χ3n) is 6.03. The largest absolute Gasteiger partial charge is 0.467 e. The van der Waals surface area contributed by atoms with Gasteiger partial charge in [-0.05, 0) is 29.8 Å². The van der Waals surface area contributed by atoms with Crippen molar-refractivity contribution in [2.75, 3.05) is 38.2 Å². The number of fused-ring (bicyclic) bond motifs is 2. The average molecular weight is 482 g/mol. The number of aldehydes is 1. The van der Waals surface area contributed by atoms with Gasteiger partial charge < -0.3 is 19.3 Å². The van der Waals surface area contributed by atoms with Crippen molar-refractivity contribution in [2.24, 2.45) is 0 Å². The van der Waals surface area contributed by atoms with E-state index in [1.807, 2.05) is 24.3 Å². The second kappa shape index (κ2) is 9.90. The average Bonchev–Trinajstić information content (AvgIpc) is 3.50. The Kier molecular flexibility index (Phi) is 6.54. The first kappa shape index (κ1) is 22.5. The van der Waals surface area contributed by atoms with Gasteiger partial charge >= 0.3 is 6.01 Å². The Morgan fingerprint density at radius 1 is 1.18 bits per heavy atom.